The van der Waals surface area contributed by atoms with Gasteiger partial charge in [-0.05, 0) is 16.7 Å². The topological polar surface area (TPSA) is 32.6 Å². The fraction of sp³-hybridized carbons (Fsp3) is 0.0625. The molecule has 2 aromatic rings. The van der Waals surface area contributed by atoms with Crippen LogP contribution in [0.4, 0.5) is 0 Å². The summed E-state index contributed by atoms with van der Waals surface area (Å²) in [4.78, 5) is 0. The van der Waals surface area contributed by atoms with Crippen molar-refractivity contribution in [3.8, 4) is 0 Å². The quantitative estimate of drug-likeness (QED) is 0.487. The molecule has 0 fully saturated rings. The van der Waals surface area contributed by atoms with Gasteiger partial charge in [0.25, 0.3) is 0 Å². The second kappa shape index (κ2) is 5.82. The zero-order valence-corrected chi connectivity index (χ0v) is 10.1. The Hall–Kier alpha value is -2.35. The van der Waals surface area contributed by atoms with E-state index in [1.54, 1.807) is 0 Å². The number of allylic oxidation sites excluding steroid dienone is 1. The molecule has 0 aliphatic carbocycles. The van der Waals surface area contributed by atoms with E-state index in [0.29, 0.717) is 12.1 Å². The minimum absolute atomic E-state index is 0.532. The molecule has 1 N–H and O–H groups in total. The molecular weight excluding hydrogens is 222 g/mol. The summed E-state index contributed by atoms with van der Waals surface area (Å²) in [5.74, 6) is 0. The molecule has 0 saturated heterocycles. The molecule has 0 radical (unpaired) electrons. The van der Waals surface area contributed by atoms with Crippen LogP contribution in [0.25, 0.3) is 5.57 Å². The molecule has 18 heavy (non-hydrogen) atoms. The smallest absolute Gasteiger partial charge is 0.0911 e. The van der Waals surface area contributed by atoms with E-state index in [1.807, 2.05) is 60.7 Å². The summed E-state index contributed by atoms with van der Waals surface area (Å²) in [6.45, 7) is 4.05. The van der Waals surface area contributed by atoms with Crippen LogP contribution < -0.4 is 0 Å². The Morgan fingerprint density at radius 3 is 1.89 bits per heavy atom. The van der Waals surface area contributed by atoms with E-state index in [-0.39, 0.29) is 0 Å². The van der Waals surface area contributed by atoms with Crippen LogP contribution in [0.15, 0.2) is 72.4 Å². The van der Waals surface area contributed by atoms with Crippen LogP contribution in [0.5, 0.6) is 0 Å². The van der Waals surface area contributed by atoms with Crippen LogP contribution in [0.3, 0.4) is 0 Å². The molecular formula is C16H15NO. The Bertz CT molecular complexity index is 544. The average molecular weight is 237 g/mol. The van der Waals surface area contributed by atoms with Crippen molar-refractivity contribution < 1.29 is 5.21 Å². The minimum Gasteiger partial charge on any atom is -0.411 e. The van der Waals surface area contributed by atoms with Crippen molar-refractivity contribution in [1.29, 1.82) is 0 Å². The van der Waals surface area contributed by atoms with Gasteiger partial charge in [0, 0.05) is 6.42 Å². The molecule has 0 unspecified atom stereocenters. The van der Waals surface area contributed by atoms with Crippen LogP contribution in [-0.4, -0.2) is 10.9 Å². The second-order valence-electron chi connectivity index (χ2n) is 4.06. The van der Waals surface area contributed by atoms with Gasteiger partial charge < -0.3 is 5.21 Å². The van der Waals surface area contributed by atoms with E-state index in [0.717, 1.165) is 16.7 Å². The molecule has 0 saturated carbocycles. The van der Waals surface area contributed by atoms with Gasteiger partial charge in [-0.25, -0.2) is 0 Å². The van der Waals surface area contributed by atoms with Gasteiger partial charge in [-0.3, -0.25) is 0 Å². The van der Waals surface area contributed by atoms with Gasteiger partial charge in [0.1, 0.15) is 0 Å². The van der Waals surface area contributed by atoms with Crippen molar-refractivity contribution in [3.63, 3.8) is 0 Å². The van der Waals surface area contributed by atoms with E-state index in [4.69, 9.17) is 5.21 Å². The molecule has 0 aromatic heterocycles. The third-order valence-electron chi connectivity index (χ3n) is 2.79. The highest BCUT2D eigenvalue weighted by molar-refractivity contribution is 6.05. The van der Waals surface area contributed by atoms with Crippen molar-refractivity contribution in [2.75, 3.05) is 0 Å². The van der Waals surface area contributed by atoms with Crippen molar-refractivity contribution in [2.45, 2.75) is 6.42 Å². The third kappa shape index (κ3) is 2.86. The molecule has 0 aliphatic rings. The molecule has 0 spiro atoms. The maximum atomic E-state index is 9.12. The van der Waals surface area contributed by atoms with E-state index in [1.165, 1.54) is 0 Å². The molecule has 2 rings (SSSR count). The molecule has 0 aliphatic heterocycles. The Labute approximate surface area is 107 Å². The van der Waals surface area contributed by atoms with Crippen LogP contribution in [0.1, 0.15) is 17.5 Å². The third-order valence-corrected chi connectivity index (χ3v) is 2.79. The Balaban J connectivity index is 2.16. The molecule has 2 nitrogen and oxygen atoms in total. The molecule has 0 heterocycles. The first-order valence-corrected chi connectivity index (χ1v) is 5.81. The highest BCUT2D eigenvalue weighted by Crippen LogP contribution is 2.18. The summed E-state index contributed by atoms with van der Waals surface area (Å²) >= 11 is 0. The lowest BCUT2D eigenvalue weighted by Crippen LogP contribution is -2.02. The number of benzene rings is 2. The average Bonchev–Trinajstić information content (AvgIpc) is 2.46. The maximum Gasteiger partial charge on any atom is 0.0911 e. The van der Waals surface area contributed by atoms with Gasteiger partial charge >= 0.3 is 0 Å². The van der Waals surface area contributed by atoms with Crippen LogP contribution >= 0.6 is 0 Å². The molecule has 0 atom stereocenters. The van der Waals surface area contributed by atoms with Crippen molar-refractivity contribution in [3.05, 3.63) is 78.4 Å². The zero-order valence-electron chi connectivity index (χ0n) is 10.1. The molecule has 0 amide bonds. The largest absolute Gasteiger partial charge is 0.411 e. The lowest BCUT2D eigenvalue weighted by Gasteiger charge is -2.07. The number of hydrogen-bond acceptors (Lipinski definition) is 2. The van der Waals surface area contributed by atoms with Gasteiger partial charge in [0.05, 0.1) is 5.71 Å². The van der Waals surface area contributed by atoms with Crippen molar-refractivity contribution in [1.82, 2.24) is 0 Å². The van der Waals surface area contributed by atoms with Gasteiger partial charge in [0.15, 0.2) is 0 Å². The summed E-state index contributed by atoms with van der Waals surface area (Å²) in [7, 11) is 0. The molecule has 90 valence electrons. The molecule has 2 aromatic carbocycles. The monoisotopic (exact) mass is 237 g/mol. The number of hydrogen-bond donors (Lipinski definition) is 1. The fourth-order valence-corrected chi connectivity index (χ4v) is 1.80. The minimum atomic E-state index is 0.532. The van der Waals surface area contributed by atoms with E-state index >= 15 is 0 Å². The summed E-state index contributed by atoms with van der Waals surface area (Å²) in [6, 6.07) is 19.5. The lowest BCUT2D eigenvalue weighted by atomic mass is 9.98. The van der Waals surface area contributed by atoms with Gasteiger partial charge in [-0.2, -0.15) is 0 Å². The summed E-state index contributed by atoms with van der Waals surface area (Å²) < 4.78 is 0. The van der Waals surface area contributed by atoms with Crippen LogP contribution in [0.2, 0.25) is 0 Å². The first-order chi connectivity index (χ1) is 8.81. The zero-order chi connectivity index (χ0) is 12.8. The summed E-state index contributed by atoms with van der Waals surface area (Å²) in [5.41, 5.74) is 3.54. The SMILES string of the molecule is C=C(C/C(=N\O)c1ccccc1)c1ccccc1. The predicted molar refractivity (Wildman–Crippen MR) is 74.9 cm³/mol. The number of rotatable bonds is 4. The van der Waals surface area contributed by atoms with E-state index in [2.05, 4.69) is 11.7 Å². The standard InChI is InChI=1S/C16H15NO/c1-13(14-8-4-2-5-9-14)12-16(17-18)15-10-6-3-7-11-15/h2-11,18H,1,12H2/b17-16+. The Morgan fingerprint density at radius 1 is 0.889 bits per heavy atom. The van der Waals surface area contributed by atoms with Gasteiger partial charge in [0.2, 0.25) is 0 Å². The van der Waals surface area contributed by atoms with Crippen molar-refractivity contribution in [2.24, 2.45) is 5.16 Å². The van der Waals surface area contributed by atoms with E-state index in [9.17, 15) is 0 Å². The van der Waals surface area contributed by atoms with Crippen molar-refractivity contribution >= 4 is 11.3 Å². The molecule has 2 heteroatoms. The first-order valence-electron chi connectivity index (χ1n) is 5.81. The predicted octanol–water partition coefficient (Wildman–Crippen LogP) is 3.97. The second-order valence-corrected chi connectivity index (χ2v) is 4.06. The Morgan fingerprint density at radius 2 is 1.39 bits per heavy atom. The number of oxime groups is 1. The molecule has 0 bridgehead atoms. The first kappa shape index (κ1) is 12.1. The fourth-order valence-electron chi connectivity index (χ4n) is 1.80. The van der Waals surface area contributed by atoms with Crippen LogP contribution in [0, 0.1) is 0 Å². The highest BCUT2D eigenvalue weighted by Gasteiger charge is 2.07. The van der Waals surface area contributed by atoms with Crippen LogP contribution in [-0.2, 0) is 0 Å². The summed E-state index contributed by atoms with van der Waals surface area (Å²) in [6.07, 6.45) is 0.532. The lowest BCUT2D eigenvalue weighted by molar-refractivity contribution is 0.318. The summed E-state index contributed by atoms with van der Waals surface area (Å²) in [5, 5.41) is 12.5. The normalized spacial score (nSPS) is 11.2. The highest BCUT2D eigenvalue weighted by atomic mass is 16.4. The van der Waals surface area contributed by atoms with Gasteiger partial charge in [-0.15, -0.1) is 0 Å². The maximum absolute atomic E-state index is 9.12. The number of nitrogens with zero attached hydrogens (tertiary/aromatic N) is 1. The Kier molecular flexibility index (Phi) is 3.92. The van der Waals surface area contributed by atoms with Gasteiger partial charge in [-0.1, -0.05) is 72.4 Å². The van der Waals surface area contributed by atoms with E-state index < -0.39 is 0 Å².